The van der Waals surface area contributed by atoms with Gasteiger partial charge in [0.15, 0.2) is 11.1 Å². The zero-order valence-electron chi connectivity index (χ0n) is 16.9. The molecular weight excluding hydrogens is 497 g/mol. The summed E-state index contributed by atoms with van der Waals surface area (Å²) in [5.41, 5.74) is 2.22. The maximum absolute atomic E-state index is 5.71. The van der Waals surface area contributed by atoms with Crippen LogP contribution in [0.15, 0.2) is 47.3 Å². The number of aromatic nitrogens is 1. The number of hydrogen-bond donors (Lipinski definition) is 2. The van der Waals surface area contributed by atoms with Gasteiger partial charge in [-0.3, -0.25) is 4.99 Å². The van der Waals surface area contributed by atoms with E-state index >= 15 is 0 Å². The number of thiazole rings is 1. The van der Waals surface area contributed by atoms with Crippen molar-refractivity contribution in [2.75, 3.05) is 38.2 Å². The highest BCUT2D eigenvalue weighted by Crippen LogP contribution is 2.24. The van der Waals surface area contributed by atoms with Gasteiger partial charge < -0.3 is 20.3 Å². The molecule has 1 aliphatic heterocycles. The number of hydrogen-bond acceptors (Lipinski definition) is 5. The van der Waals surface area contributed by atoms with Gasteiger partial charge in [0.1, 0.15) is 12.4 Å². The highest BCUT2D eigenvalue weighted by atomic mass is 127. The number of rotatable bonds is 9. The van der Waals surface area contributed by atoms with E-state index in [1.54, 1.807) is 24.5 Å². The van der Waals surface area contributed by atoms with Crippen molar-refractivity contribution in [3.63, 3.8) is 0 Å². The average Bonchev–Trinajstić information content (AvgIpc) is 3.41. The van der Waals surface area contributed by atoms with Gasteiger partial charge in [-0.1, -0.05) is 30.9 Å². The number of nitrogens with one attached hydrogen (secondary N) is 2. The third kappa shape index (κ3) is 7.18. The lowest BCUT2D eigenvalue weighted by atomic mass is 10.2. The first-order valence-electron chi connectivity index (χ1n) is 9.75. The molecule has 6 nitrogen and oxygen atoms in total. The Labute approximate surface area is 194 Å². The maximum atomic E-state index is 5.71. The highest BCUT2D eigenvalue weighted by molar-refractivity contribution is 14.0. The van der Waals surface area contributed by atoms with E-state index in [2.05, 4.69) is 32.5 Å². The first kappa shape index (κ1) is 23.5. The Hall–Kier alpha value is -1.81. The fourth-order valence-corrected chi connectivity index (χ4v) is 4.03. The largest absolute Gasteiger partial charge is 0.489 e. The molecule has 0 unspecified atom stereocenters. The van der Waals surface area contributed by atoms with Crippen LogP contribution in [-0.4, -0.2) is 44.2 Å². The fourth-order valence-electron chi connectivity index (χ4n) is 3.11. The van der Waals surface area contributed by atoms with E-state index in [4.69, 9.17) is 9.72 Å². The second-order valence-electron chi connectivity index (χ2n) is 6.63. The number of benzene rings is 1. The Morgan fingerprint density at radius 3 is 2.86 bits per heavy atom. The summed E-state index contributed by atoms with van der Waals surface area (Å²) in [6.45, 7) is 7.90. The topological polar surface area (TPSA) is 61.8 Å². The van der Waals surface area contributed by atoms with Crippen LogP contribution in [0.25, 0.3) is 0 Å². The molecule has 1 aliphatic rings. The van der Waals surface area contributed by atoms with E-state index < -0.39 is 0 Å². The van der Waals surface area contributed by atoms with Gasteiger partial charge in [-0.2, -0.15) is 0 Å². The lowest BCUT2D eigenvalue weighted by Gasteiger charge is -2.14. The van der Waals surface area contributed by atoms with Crippen molar-refractivity contribution < 1.29 is 4.74 Å². The molecule has 0 spiro atoms. The second kappa shape index (κ2) is 12.7. The van der Waals surface area contributed by atoms with Crippen molar-refractivity contribution >= 4 is 46.4 Å². The third-order valence-corrected chi connectivity index (χ3v) is 5.54. The Morgan fingerprint density at radius 1 is 1.31 bits per heavy atom. The van der Waals surface area contributed by atoms with Crippen molar-refractivity contribution in [3.8, 4) is 5.75 Å². The van der Waals surface area contributed by atoms with Crippen molar-refractivity contribution in [3.05, 3.63) is 53.6 Å². The van der Waals surface area contributed by atoms with E-state index in [9.17, 15) is 0 Å². The molecule has 0 aliphatic carbocycles. The molecule has 0 amide bonds. The molecule has 1 aromatic heterocycles. The normalized spacial score (nSPS) is 13.7. The minimum absolute atomic E-state index is 0. The number of guanidine groups is 1. The van der Waals surface area contributed by atoms with Crippen LogP contribution in [0.5, 0.6) is 5.75 Å². The molecule has 2 heterocycles. The average molecular weight is 527 g/mol. The molecule has 0 bridgehead atoms. The fraction of sp³-hybridized carbons (Fsp3) is 0.429. The van der Waals surface area contributed by atoms with Crippen LogP contribution in [0.3, 0.4) is 0 Å². The van der Waals surface area contributed by atoms with Crippen LogP contribution < -0.4 is 20.3 Å². The summed E-state index contributed by atoms with van der Waals surface area (Å²) < 4.78 is 5.71. The molecule has 8 heteroatoms. The molecule has 29 heavy (non-hydrogen) atoms. The van der Waals surface area contributed by atoms with E-state index in [1.165, 1.54) is 12.8 Å². The summed E-state index contributed by atoms with van der Waals surface area (Å²) >= 11 is 1.75. The number of para-hydroxylation sites is 1. The van der Waals surface area contributed by atoms with Gasteiger partial charge in [-0.05, 0) is 18.9 Å². The zero-order chi connectivity index (χ0) is 19.6. The monoisotopic (exact) mass is 527 g/mol. The predicted octanol–water partition coefficient (Wildman–Crippen LogP) is 3.83. The van der Waals surface area contributed by atoms with Gasteiger partial charge in [-0.15, -0.1) is 35.3 Å². The Kier molecular flexibility index (Phi) is 10.3. The van der Waals surface area contributed by atoms with Gasteiger partial charge in [0.2, 0.25) is 0 Å². The van der Waals surface area contributed by atoms with Crippen LogP contribution >= 0.6 is 35.3 Å². The number of nitrogens with zero attached hydrogens (tertiary/aromatic N) is 3. The van der Waals surface area contributed by atoms with Crippen LogP contribution in [0.1, 0.15) is 24.1 Å². The summed E-state index contributed by atoms with van der Waals surface area (Å²) in [7, 11) is 1.78. The summed E-state index contributed by atoms with van der Waals surface area (Å²) in [5, 5.41) is 10.0. The SMILES string of the molecule is C=CCOc1ccccc1CNC(=NC)NCCc1csc(N2CCCC2)n1.I. The Balaban J connectivity index is 0.00000300. The molecule has 0 saturated carbocycles. The van der Waals surface area contributed by atoms with E-state index in [0.717, 1.165) is 54.2 Å². The summed E-state index contributed by atoms with van der Waals surface area (Å²) in [6.07, 6.45) is 5.18. The number of aliphatic imine (C=N–C) groups is 1. The van der Waals surface area contributed by atoms with Crippen molar-refractivity contribution in [1.29, 1.82) is 0 Å². The third-order valence-electron chi connectivity index (χ3n) is 4.59. The highest BCUT2D eigenvalue weighted by Gasteiger charge is 2.15. The molecule has 0 radical (unpaired) electrons. The number of halogens is 1. The van der Waals surface area contributed by atoms with E-state index in [-0.39, 0.29) is 24.0 Å². The first-order chi connectivity index (χ1) is 13.8. The predicted molar refractivity (Wildman–Crippen MR) is 133 cm³/mol. The zero-order valence-corrected chi connectivity index (χ0v) is 20.0. The summed E-state index contributed by atoms with van der Waals surface area (Å²) in [6, 6.07) is 8.00. The second-order valence-corrected chi connectivity index (χ2v) is 7.46. The first-order valence-corrected chi connectivity index (χ1v) is 10.6. The van der Waals surface area contributed by atoms with Crippen molar-refractivity contribution in [2.24, 2.45) is 4.99 Å². The lowest BCUT2D eigenvalue weighted by Crippen LogP contribution is -2.38. The number of ether oxygens (including phenoxy) is 1. The Bertz CT molecular complexity index is 789. The van der Waals surface area contributed by atoms with Crippen LogP contribution in [0, 0.1) is 0 Å². The van der Waals surface area contributed by atoms with Crippen LogP contribution in [-0.2, 0) is 13.0 Å². The molecule has 2 N–H and O–H groups in total. The van der Waals surface area contributed by atoms with E-state index in [1.807, 2.05) is 24.3 Å². The minimum Gasteiger partial charge on any atom is -0.489 e. The maximum Gasteiger partial charge on any atom is 0.191 e. The van der Waals surface area contributed by atoms with E-state index in [0.29, 0.717) is 13.2 Å². The van der Waals surface area contributed by atoms with Crippen molar-refractivity contribution in [1.82, 2.24) is 15.6 Å². The quantitative estimate of drug-likeness (QED) is 0.225. The molecule has 158 valence electrons. The molecule has 1 aromatic carbocycles. The van der Waals surface area contributed by atoms with Gasteiger partial charge in [0.05, 0.1) is 5.69 Å². The Morgan fingerprint density at radius 2 is 2.10 bits per heavy atom. The molecule has 1 fully saturated rings. The molecule has 0 atom stereocenters. The van der Waals surface area contributed by atoms with Crippen LogP contribution in [0.4, 0.5) is 5.13 Å². The van der Waals surface area contributed by atoms with Gasteiger partial charge >= 0.3 is 0 Å². The summed E-state index contributed by atoms with van der Waals surface area (Å²) in [5.74, 6) is 1.63. The summed E-state index contributed by atoms with van der Waals surface area (Å²) in [4.78, 5) is 11.5. The van der Waals surface area contributed by atoms with Gasteiger partial charge in [0.25, 0.3) is 0 Å². The minimum atomic E-state index is 0. The lowest BCUT2D eigenvalue weighted by molar-refractivity contribution is 0.358. The molecule has 2 aromatic rings. The number of anilines is 1. The molecule has 1 saturated heterocycles. The van der Waals surface area contributed by atoms with Crippen molar-refractivity contribution in [2.45, 2.75) is 25.8 Å². The molecular formula is C21H30IN5OS. The van der Waals surface area contributed by atoms with Gasteiger partial charge in [-0.25, -0.2) is 4.98 Å². The smallest absolute Gasteiger partial charge is 0.191 e. The standard InChI is InChI=1S/C21H29N5OS.HI/c1-3-14-27-19-9-5-4-8-17(19)15-24-20(22-2)23-11-10-18-16-28-21(25-18)26-12-6-7-13-26;/h3-5,8-9,16H,1,6-7,10-15H2,2H3,(H2,22,23,24);1H. The van der Waals surface area contributed by atoms with Crippen LogP contribution in [0.2, 0.25) is 0 Å². The molecule has 3 rings (SSSR count). The van der Waals surface area contributed by atoms with Gasteiger partial charge in [0, 0.05) is 50.6 Å².